The number of anilines is 1. The summed E-state index contributed by atoms with van der Waals surface area (Å²) in [6.45, 7) is 5.22. The van der Waals surface area contributed by atoms with Gasteiger partial charge in [-0.2, -0.15) is 0 Å². The molecule has 1 aliphatic rings. The third-order valence-electron chi connectivity index (χ3n) is 4.56. The number of nitrogens with one attached hydrogen (secondary N) is 1. The Hall–Kier alpha value is -1.98. The molecule has 0 aromatic carbocycles. The second-order valence-electron chi connectivity index (χ2n) is 6.72. The summed E-state index contributed by atoms with van der Waals surface area (Å²) in [4.78, 5) is 39.0. The summed E-state index contributed by atoms with van der Waals surface area (Å²) in [5, 5.41) is 2.87. The third-order valence-corrected chi connectivity index (χ3v) is 7.50. The summed E-state index contributed by atoms with van der Waals surface area (Å²) in [5.74, 6) is -1.49. The molecule has 29 heavy (non-hydrogen) atoms. The number of rotatable bonds is 8. The molecule has 1 atom stereocenters. The number of carbonyl (C=O) groups excluding carboxylic acids is 3. The van der Waals surface area contributed by atoms with Crippen LogP contribution in [0.15, 0.2) is 0 Å². The minimum Gasteiger partial charge on any atom is -0.462 e. The first-order valence-electron chi connectivity index (χ1n) is 9.27. The zero-order valence-corrected chi connectivity index (χ0v) is 18.6. The second-order valence-corrected chi connectivity index (χ2v) is 9.97. The number of nitrogens with zero attached hydrogens (tertiary/aromatic N) is 1. The van der Waals surface area contributed by atoms with Gasteiger partial charge in [0, 0.05) is 6.04 Å². The van der Waals surface area contributed by atoms with E-state index in [0.717, 1.165) is 11.3 Å². The Morgan fingerprint density at radius 3 is 2.34 bits per heavy atom. The van der Waals surface area contributed by atoms with Gasteiger partial charge in [0.05, 0.1) is 36.8 Å². The lowest BCUT2D eigenvalue weighted by molar-refractivity contribution is -0.117. The molecule has 9 nitrogen and oxygen atoms in total. The predicted molar refractivity (Wildman–Crippen MR) is 109 cm³/mol. The molecule has 1 fully saturated rings. The topological polar surface area (TPSA) is 119 Å². The van der Waals surface area contributed by atoms with Crippen molar-refractivity contribution in [3.63, 3.8) is 0 Å². The van der Waals surface area contributed by atoms with Crippen LogP contribution in [0.3, 0.4) is 0 Å². The SMILES string of the molecule is CCOC(=O)c1sc(NC(=O)CN(C)C2CCS(=O)(=O)C2)c(C(=O)OCC)c1C. The average molecular weight is 447 g/mol. The molecule has 0 bridgehead atoms. The monoisotopic (exact) mass is 446 g/mol. The molecule has 1 aromatic heterocycles. The highest BCUT2D eigenvalue weighted by atomic mass is 32.2. The van der Waals surface area contributed by atoms with Crippen molar-refractivity contribution in [2.45, 2.75) is 33.2 Å². The molecule has 1 aliphatic heterocycles. The van der Waals surface area contributed by atoms with Crippen molar-refractivity contribution in [1.82, 2.24) is 4.90 Å². The predicted octanol–water partition coefficient (Wildman–Crippen LogP) is 1.47. The van der Waals surface area contributed by atoms with E-state index in [1.54, 1.807) is 32.7 Å². The fourth-order valence-corrected chi connectivity index (χ4v) is 6.00. The van der Waals surface area contributed by atoms with Crippen molar-refractivity contribution in [3.05, 3.63) is 16.0 Å². The average Bonchev–Trinajstić information content (AvgIpc) is 3.14. The van der Waals surface area contributed by atoms with E-state index in [9.17, 15) is 22.8 Å². The van der Waals surface area contributed by atoms with Gasteiger partial charge in [0.25, 0.3) is 0 Å². The van der Waals surface area contributed by atoms with E-state index < -0.39 is 27.7 Å². The largest absolute Gasteiger partial charge is 0.462 e. The molecule has 1 unspecified atom stereocenters. The number of hydrogen-bond donors (Lipinski definition) is 1. The number of esters is 2. The van der Waals surface area contributed by atoms with Gasteiger partial charge in [-0.1, -0.05) is 0 Å². The highest BCUT2D eigenvalue weighted by molar-refractivity contribution is 7.91. The van der Waals surface area contributed by atoms with Crippen LogP contribution in [0.1, 0.15) is 45.9 Å². The van der Waals surface area contributed by atoms with Crippen LogP contribution in [0, 0.1) is 6.92 Å². The molecule has 0 spiro atoms. The Kier molecular flexibility index (Phi) is 7.78. The molecule has 2 heterocycles. The Balaban J connectivity index is 2.19. The molecule has 1 N–H and O–H groups in total. The number of thiophene rings is 1. The van der Waals surface area contributed by atoms with Crippen LogP contribution in [0.5, 0.6) is 0 Å². The van der Waals surface area contributed by atoms with Gasteiger partial charge in [-0.3, -0.25) is 9.69 Å². The summed E-state index contributed by atoms with van der Waals surface area (Å²) in [6, 6.07) is -0.226. The Morgan fingerprint density at radius 2 is 1.79 bits per heavy atom. The number of amides is 1. The summed E-state index contributed by atoms with van der Waals surface area (Å²) in [5.41, 5.74) is 0.511. The Bertz CT molecular complexity index is 892. The van der Waals surface area contributed by atoms with Crippen molar-refractivity contribution < 1.29 is 32.3 Å². The van der Waals surface area contributed by atoms with E-state index >= 15 is 0 Å². The summed E-state index contributed by atoms with van der Waals surface area (Å²) in [6.07, 6.45) is 0.477. The molecule has 11 heteroatoms. The molecule has 2 rings (SSSR count). The van der Waals surface area contributed by atoms with Gasteiger partial charge in [-0.15, -0.1) is 11.3 Å². The maximum atomic E-state index is 12.5. The van der Waals surface area contributed by atoms with Gasteiger partial charge in [0.15, 0.2) is 9.84 Å². The standard InChI is InChI=1S/C18H26N2O7S2/c1-5-26-17(22)14-11(3)15(18(23)27-6-2)28-16(14)19-13(21)9-20(4)12-7-8-29(24,25)10-12/h12H,5-10H2,1-4H3,(H,19,21). The van der Waals surface area contributed by atoms with Gasteiger partial charge < -0.3 is 14.8 Å². The number of likely N-dealkylation sites (N-methyl/N-ethyl adjacent to an activating group) is 1. The first kappa shape index (κ1) is 23.3. The minimum atomic E-state index is -3.06. The van der Waals surface area contributed by atoms with Gasteiger partial charge in [-0.05, 0) is 39.8 Å². The quantitative estimate of drug-likeness (QED) is 0.596. The number of sulfone groups is 1. The van der Waals surface area contributed by atoms with Crippen LogP contribution in [-0.2, 0) is 24.1 Å². The maximum Gasteiger partial charge on any atom is 0.348 e. The van der Waals surface area contributed by atoms with Crippen LogP contribution in [0.25, 0.3) is 0 Å². The van der Waals surface area contributed by atoms with Crippen LogP contribution < -0.4 is 5.32 Å². The summed E-state index contributed by atoms with van der Waals surface area (Å²) >= 11 is 0.954. The lowest BCUT2D eigenvalue weighted by atomic mass is 10.1. The molecular weight excluding hydrogens is 420 g/mol. The van der Waals surface area contributed by atoms with Crippen LogP contribution in [-0.4, -0.2) is 75.5 Å². The highest BCUT2D eigenvalue weighted by Crippen LogP contribution is 2.34. The molecule has 1 saturated heterocycles. The molecule has 1 amide bonds. The smallest absolute Gasteiger partial charge is 0.348 e. The summed E-state index contributed by atoms with van der Waals surface area (Å²) in [7, 11) is -1.38. The van der Waals surface area contributed by atoms with Gasteiger partial charge in [-0.25, -0.2) is 18.0 Å². The molecule has 1 aromatic rings. The van der Waals surface area contributed by atoms with Crippen LogP contribution >= 0.6 is 11.3 Å². The maximum absolute atomic E-state index is 12.5. The van der Waals surface area contributed by atoms with E-state index in [0.29, 0.717) is 12.0 Å². The van der Waals surface area contributed by atoms with Crippen molar-refractivity contribution in [1.29, 1.82) is 0 Å². The number of ether oxygens (including phenoxy) is 2. The van der Waals surface area contributed by atoms with Crippen LogP contribution in [0.4, 0.5) is 5.00 Å². The van der Waals surface area contributed by atoms with Gasteiger partial charge in [0.2, 0.25) is 5.91 Å². The van der Waals surface area contributed by atoms with E-state index in [-0.39, 0.29) is 52.7 Å². The normalized spacial score (nSPS) is 17.9. The molecular formula is C18H26N2O7S2. The zero-order valence-electron chi connectivity index (χ0n) is 16.9. The Labute approximate surface area is 174 Å². The lowest BCUT2D eigenvalue weighted by Crippen LogP contribution is -2.38. The molecule has 162 valence electrons. The minimum absolute atomic E-state index is 0.0238. The van der Waals surface area contributed by atoms with Gasteiger partial charge >= 0.3 is 11.9 Å². The Morgan fingerprint density at radius 1 is 1.17 bits per heavy atom. The summed E-state index contributed by atoms with van der Waals surface area (Å²) < 4.78 is 33.4. The fraction of sp³-hybridized carbons (Fsp3) is 0.611. The molecule has 0 saturated carbocycles. The van der Waals surface area contributed by atoms with Crippen molar-refractivity contribution in [3.8, 4) is 0 Å². The first-order valence-corrected chi connectivity index (χ1v) is 11.9. The zero-order chi connectivity index (χ0) is 21.8. The van der Waals surface area contributed by atoms with Crippen molar-refractivity contribution in [2.24, 2.45) is 0 Å². The van der Waals surface area contributed by atoms with Gasteiger partial charge in [0.1, 0.15) is 9.88 Å². The van der Waals surface area contributed by atoms with Crippen molar-refractivity contribution >= 4 is 44.0 Å². The van der Waals surface area contributed by atoms with Crippen LogP contribution in [0.2, 0.25) is 0 Å². The number of carbonyl (C=O) groups is 3. The van der Waals surface area contributed by atoms with E-state index in [1.807, 2.05) is 0 Å². The number of hydrogen-bond acceptors (Lipinski definition) is 9. The van der Waals surface area contributed by atoms with E-state index in [2.05, 4.69) is 5.32 Å². The third kappa shape index (κ3) is 5.77. The molecule has 0 radical (unpaired) electrons. The fourth-order valence-electron chi connectivity index (χ4n) is 3.09. The molecule has 0 aliphatic carbocycles. The lowest BCUT2D eigenvalue weighted by Gasteiger charge is -2.22. The van der Waals surface area contributed by atoms with E-state index in [4.69, 9.17) is 9.47 Å². The first-order chi connectivity index (χ1) is 13.6. The van der Waals surface area contributed by atoms with Crippen molar-refractivity contribution in [2.75, 3.05) is 43.6 Å². The highest BCUT2D eigenvalue weighted by Gasteiger charge is 2.32. The second kappa shape index (κ2) is 9.68. The van der Waals surface area contributed by atoms with E-state index in [1.165, 1.54) is 0 Å².